The third-order valence-electron chi connectivity index (χ3n) is 4.14. The molecule has 0 spiro atoms. The number of carbonyl (C=O) groups is 1. The minimum absolute atomic E-state index is 0.0522. The second-order valence-electron chi connectivity index (χ2n) is 6.03. The zero-order valence-electron chi connectivity index (χ0n) is 13.4. The van der Waals surface area contributed by atoms with Gasteiger partial charge in [-0.1, -0.05) is 24.1 Å². The maximum Gasteiger partial charge on any atom is 0.317 e. The molecule has 0 saturated heterocycles. The van der Waals surface area contributed by atoms with Crippen LogP contribution >= 0.6 is 11.8 Å². The summed E-state index contributed by atoms with van der Waals surface area (Å²) in [7, 11) is 1.80. The van der Waals surface area contributed by atoms with E-state index in [9.17, 15) is 9.90 Å². The first kappa shape index (κ1) is 17.2. The summed E-state index contributed by atoms with van der Waals surface area (Å²) in [5.41, 5.74) is 1.26. The van der Waals surface area contributed by atoms with Gasteiger partial charge in [-0.15, -0.1) is 11.8 Å². The van der Waals surface area contributed by atoms with Crippen LogP contribution in [0.15, 0.2) is 29.2 Å². The Morgan fingerprint density at radius 2 is 2.09 bits per heavy atom. The maximum atomic E-state index is 12.0. The van der Waals surface area contributed by atoms with Crippen molar-refractivity contribution in [3.63, 3.8) is 0 Å². The van der Waals surface area contributed by atoms with Crippen molar-refractivity contribution in [2.75, 3.05) is 25.9 Å². The van der Waals surface area contributed by atoms with Gasteiger partial charge in [0.25, 0.3) is 0 Å². The quantitative estimate of drug-likeness (QED) is 0.625. The lowest BCUT2D eigenvalue weighted by Crippen LogP contribution is -2.41. The van der Waals surface area contributed by atoms with Gasteiger partial charge >= 0.3 is 6.03 Å². The molecule has 1 fully saturated rings. The lowest BCUT2D eigenvalue weighted by molar-refractivity contribution is 0.114. The molecule has 0 bridgehead atoms. The van der Waals surface area contributed by atoms with Crippen molar-refractivity contribution in [1.82, 2.24) is 10.2 Å². The summed E-state index contributed by atoms with van der Waals surface area (Å²) >= 11 is 1.74. The SMILES string of the molecule is Cc1ccc(SCCNC(=O)N(C)CC2CCCC2O)cc1. The zero-order valence-corrected chi connectivity index (χ0v) is 14.2. The number of nitrogens with one attached hydrogen (secondary N) is 1. The number of aliphatic hydroxyl groups is 1. The third kappa shape index (κ3) is 5.21. The molecule has 2 amide bonds. The van der Waals surface area contributed by atoms with E-state index >= 15 is 0 Å². The van der Waals surface area contributed by atoms with Crippen molar-refractivity contribution in [2.24, 2.45) is 5.92 Å². The molecular formula is C17H26N2O2S. The molecule has 0 aliphatic heterocycles. The summed E-state index contributed by atoms with van der Waals surface area (Å²) in [6, 6.07) is 8.36. The molecule has 2 atom stereocenters. The lowest BCUT2D eigenvalue weighted by Gasteiger charge is -2.23. The van der Waals surface area contributed by atoms with Crippen LogP contribution in [0.3, 0.4) is 0 Å². The number of amides is 2. The molecular weight excluding hydrogens is 296 g/mol. The minimum atomic E-state index is -0.243. The number of aliphatic hydroxyl groups excluding tert-OH is 1. The van der Waals surface area contributed by atoms with Gasteiger partial charge in [-0.05, 0) is 31.9 Å². The number of nitrogens with zero attached hydrogens (tertiary/aromatic N) is 1. The number of hydrogen-bond acceptors (Lipinski definition) is 3. The summed E-state index contributed by atoms with van der Waals surface area (Å²) in [5, 5.41) is 12.8. The average Bonchev–Trinajstić information content (AvgIpc) is 2.90. The predicted molar refractivity (Wildman–Crippen MR) is 91.3 cm³/mol. The number of carbonyl (C=O) groups excluding carboxylic acids is 1. The molecule has 1 saturated carbocycles. The monoisotopic (exact) mass is 322 g/mol. The van der Waals surface area contributed by atoms with Crippen molar-refractivity contribution in [3.05, 3.63) is 29.8 Å². The van der Waals surface area contributed by atoms with E-state index < -0.39 is 0 Å². The number of benzene rings is 1. The molecule has 5 heteroatoms. The van der Waals surface area contributed by atoms with Gasteiger partial charge in [-0.25, -0.2) is 4.79 Å². The summed E-state index contributed by atoms with van der Waals surface area (Å²) in [5.74, 6) is 1.09. The van der Waals surface area contributed by atoms with E-state index in [2.05, 4.69) is 36.5 Å². The molecule has 1 aromatic rings. The van der Waals surface area contributed by atoms with E-state index in [1.807, 2.05) is 0 Å². The average molecular weight is 322 g/mol. The van der Waals surface area contributed by atoms with Crippen LogP contribution in [0.25, 0.3) is 0 Å². The highest BCUT2D eigenvalue weighted by Crippen LogP contribution is 2.25. The van der Waals surface area contributed by atoms with Crippen molar-refractivity contribution >= 4 is 17.8 Å². The molecule has 0 heterocycles. The fraction of sp³-hybridized carbons (Fsp3) is 0.588. The largest absolute Gasteiger partial charge is 0.393 e. The Balaban J connectivity index is 1.63. The van der Waals surface area contributed by atoms with Crippen LogP contribution in [0, 0.1) is 12.8 Å². The van der Waals surface area contributed by atoms with Crippen LogP contribution in [-0.2, 0) is 0 Å². The van der Waals surface area contributed by atoms with Gasteiger partial charge in [-0.2, -0.15) is 0 Å². The number of urea groups is 1. The number of aryl methyl sites for hydroxylation is 1. The normalized spacial score (nSPS) is 20.9. The molecule has 2 unspecified atom stereocenters. The first-order valence-electron chi connectivity index (χ1n) is 7.93. The van der Waals surface area contributed by atoms with E-state index in [4.69, 9.17) is 0 Å². The van der Waals surface area contributed by atoms with E-state index in [0.29, 0.717) is 13.1 Å². The number of hydrogen-bond donors (Lipinski definition) is 2. The first-order chi connectivity index (χ1) is 10.6. The maximum absolute atomic E-state index is 12.0. The zero-order chi connectivity index (χ0) is 15.9. The Morgan fingerprint density at radius 3 is 2.73 bits per heavy atom. The molecule has 1 aliphatic carbocycles. The molecule has 1 aromatic carbocycles. The van der Waals surface area contributed by atoms with Gasteiger partial charge in [0, 0.05) is 36.7 Å². The molecule has 4 nitrogen and oxygen atoms in total. The van der Waals surface area contributed by atoms with E-state index in [1.54, 1.807) is 23.7 Å². The molecule has 1 aliphatic rings. The smallest absolute Gasteiger partial charge is 0.317 e. The Labute approximate surface area is 137 Å². The summed E-state index contributed by atoms with van der Waals surface area (Å²) in [6.07, 6.45) is 2.71. The van der Waals surface area contributed by atoms with Crippen molar-refractivity contribution in [2.45, 2.75) is 37.2 Å². The highest BCUT2D eigenvalue weighted by molar-refractivity contribution is 7.99. The third-order valence-corrected chi connectivity index (χ3v) is 5.16. The van der Waals surface area contributed by atoms with Gasteiger partial charge < -0.3 is 15.3 Å². The lowest BCUT2D eigenvalue weighted by atomic mass is 10.1. The second kappa shape index (κ2) is 8.44. The molecule has 0 radical (unpaired) electrons. The van der Waals surface area contributed by atoms with Crippen LogP contribution in [0.2, 0.25) is 0 Å². The Hall–Kier alpha value is -1.20. The fourth-order valence-corrected chi connectivity index (χ4v) is 3.53. The highest BCUT2D eigenvalue weighted by Gasteiger charge is 2.27. The standard InChI is InChI=1S/C17H26N2O2S/c1-13-6-8-15(9-7-13)22-11-10-18-17(21)19(2)12-14-4-3-5-16(14)20/h6-9,14,16,20H,3-5,10-12H2,1-2H3,(H,18,21). The second-order valence-corrected chi connectivity index (χ2v) is 7.20. The van der Waals surface area contributed by atoms with Crippen molar-refractivity contribution in [1.29, 1.82) is 0 Å². The van der Waals surface area contributed by atoms with Crippen molar-refractivity contribution < 1.29 is 9.90 Å². The Morgan fingerprint density at radius 1 is 1.36 bits per heavy atom. The molecule has 2 N–H and O–H groups in total. The van der Waals surface area contributed by atoms with E-state index in [1.165, 1.54) is 10.5 Å². The molecule has 0 aromatic heterocycles. The van der Waals surface area contributed by atoms with Crippen LogP contribution in [-0.4, -0.2) is 48.0 Å². The Kier molecular flexibility index (Phi) is 6.58. The van der Waals surface area contributed by atoms with Crippen LogP contribution in [0.1, 0.15) is 24.8 Å². The van der Waals surface area contributed by atoms with E-state index in [-0.39, 0.29) is 18.1 Å². The van der Waals surface area contributed by atoms with Gasteiger partial charge in [0.15, 0.2) is 0 Å². The number of rotatable bonds is 6. The first-order valence-corrected chi connectivity index (χ1v) is 8.91. The molecule has 22 heavy (non-hydrogen) atoms. The van der Waals surface area contributed by atoms with Gasteiger partial charge in [-0.3, -0.25) is 0 Å². The van der Waals surface area contributed by atoms with Gasteiger partial charge in [0.2, 0.25) is 0 Å². The highest BCUT2D eigenvalue weighted by atomic mass is 32.2. The molecule has 122 valence electrons. The summed E-state index contributed by atoms with van der Waals surface area (Å²) in [4.78, 5) is 14.9. The van der Waals surface area contributed by atoms with Crippen LogP contribution in [0.5, 0.6) is 0 Å². The van der Waals surface area contributed by atoms with Crippen LogP contribution in [0.4, 0.5) is 4.79 Å². The van der Waals surface area contributed by atoms with Crippen LogP contribution < -0.4 is 5.32 Å². The fourth-order valence-electron chi connectivity index (χ4n) is 2.76. The summed E-state index contributed by atoms with van der Waals surface area (Å²) < 4.78 is 0. The number of thioether (sulfide) groups is 1. The van der Waals surface area contributed by atoms with Crippen molar-refractivity contribution in [3.8, 4) is 0 Å². The van der Waals surface area contributed by atoms with E-state index in [0.717, 1.165) is 25.0 Å². The predicted octanol–water partition coefficient (Wildman–Crippen LogP) is 2.89. The van der Waals surface area contributed by atoms with Gasteiger partial charge in [0.05, 0.1) is 6.10 Å². The summed E-state index contributed by atoms with van der Waals surface area (Å²) in [6.45, 7) is 3.36. The molecule has 2 rings (SSSR count). The minimum Gasteiger partial charge on any atom is -0.393 e. The Bertz CT molecular complexity index is 478. The topological polar surface area (TPSA) is 52.6 Å². The van der Waals surface area contributed by atoms with Gasteiger partial charge in [0.1, 0.15) is 0 Å².